The molecule has 2 rings (SSSR count). The predicted molar refractivity (Wildman–Crippen MR) is 46.2 cm³/mol. The van der Waals surface area contributed by atoms with Crippen molar-refractivity contribution in [2.24, 2.45) is 0 Å². The molecule has 0 atom stereocenters. The van der Waals surface area contributed by atoms with Crippen LogP contribution in [0.4, 0.5) is 5.69 Å². The normalized spacial score (nSPS) is 9.62. The van der Waals surface area contributed by atoms with Crippen LogP contribution in [0.15, 0.2) is 41.5 Å². The first-order valence-corrected chi connectivity index (χ1v) is 3.71. The van der Waals surface area contributed by atoms with Crippen molar-refractivity contribution in [2.75, 3.05) is 0 Å². The molecule has 0 aliphatic rings. The second-order valence-corrected chi connectivity index (χ2v) is 2.65. The van der Waals surface area contributed by atoms with Gasteiger partial charge < -0.3 is 27.1 Å². The number of pyridine rings is 2. The Balaban J connectivity index is 0.000000845. The number of rotatable bonds is 0. The van der Waals surface area contributed by atoms with Gasteiger partial charge in [0.25, 0.3) is 0 Å². The van der Waals surface area contributed by atoms with E-state index in [-0.39, 0.29) is 22.4 Å². The van der Waals surface area contributed by atoms with E-state index in [0.29, 0.717) is 5.69 Å². The van der Waals surface area contributed by atoms with Crippen LogP contribution in [-0.2, 0) is 0 Å². The molecule has 0 bridgehead atoms. The Morgan fingerprint density at radius 1 is 1.15 bits per heavy atom. The van der Waals surface area contributed by atoms with Crippen LogP contribution in [0.25, 0.3) is 5.52 Å². The van der Waals surface area contributed by atoms with Gasteiger partial charge in [0.1, 0.15) is 5.52 Å². The third-order valence-corrected chi connectivity index (χ3v) is 1.88. The molecule has 13 heavy (non-hydrogen) atoms. The molecule has 68 valence electrons. The second kappa shape index (κ2) is 3.72. The Bertz CT molecular complexity index is 478. The highest BCUT2D eigenvalue weighted by Crippen LogP contribution is 2.04. The molecular formula is C9H9BrN2O. The first-order valence-electron chi connectivity index (χ1n) is 3.71. The Morgan fingerprint density at radius 3 is 2.69 bits per heavy atom. The Morgan fingerprint density at radius 2 is 1.92 bits per heavy atom. The molecule has 0 aliphatic heterocycles. The number of aromatic nitrogens is 1. The Labute approximate surface area is 85.6 Å². The van der Waals surface area contributed by atoms with Crippen molar-refractivity contribution in [1.82, 2.24) is 4.40 Å². The van der Waals surface area contributed by atoms with Gasteiger partial charge in [-0.25, -0.2) is 0 Å². The first kappa shape index (κ1) is 9.95. The van der Waals surface area contributed by atoms with Crippen LogP contribution >= 0.6 is 0 Å². The average molecular weight is 241 g/mol. The van der Waals surface area contributed by atoms with Crippen molar-refractivity contribution in [1.29, 1.82) is 0 Å². The molecule has 2 aromatic heterocycles. The highest BCUT2D eigenvalue weighted by atomic mass is 79.9. The third kappa shape index (κ3) is 1.64. The lowest BCUT2D eigenvalue weighted by Gasteiger charge is -1.98. The van der Waals surface area contributed by atoms with E-state index in [1.54, 1.807) is 6.20 Å². The van der Waals surface area contributed by atoms with Crippen molar-refractivity contribution < 1.29 is 22.7 Å². The summed E-state index contributed by atoms with van der Waals surface area (Å²) in [6.07, 6.45) is 3.63. The van der Waals surface area contributed by atoms with E-state index in [1.807, 2.05) is 28.8 Å². The molecule has 0 aromatic carbocycles. The zero-order chi connectivity index (χ0) is 8.55. The van der Waals surface area contributed by atoms with Crippen LogP contribution in [0.2, 0.25) is 0 Å². The number of halogens is 1. The highest BCUT2D eigenvalue weighted by Gasteiger charge is 2.01. The van der Waals surface area contributed by atoms with Crippen molar-refractivity contribution >= 4 is 11.2 Å². The van der Waals surface area contributed by atoms with Gasteiger partial charge in [-0.05, 0) is 12.1 Å². The maximum Gasteiger partial charge on any atom is 0.242 e. The van der Waals surface area contributed by atoms with Crippen LogP contribution in [0.3, 0.4) is 0 Å². The number of nitrogens with zero attached hydrogens (tertiary/aromatic N) is 1. The summed E-state index contributed by atoms with van der Waals surface area (Å²) in [5.41, 5.74) is 5.12. The summed E-state index contributed by atoms with van der Waals surface area (Å²) in [5.74, 6) is 0. The molecule has 3 N–H and O–H groups in total. The molecule has 0 fully saturated rings. The zero-order valence-electron chi connectivity index (χ0n) is 6.90. The number of hydrogen-bond donors (Lipinski definition) is 1. The molecule has 0 saturated heterocycles. The average Bonchev–Trinajstić information content (AvgIpc) is 2.12. The van der Waals surface area contributed by atoms with Gasteiger partial charge in [-0.2, -0.15) is 0 Å². The predicted octanol–water partition coefficient (Wildman–Crippen LogP) is -2.82. The van der Waals surface area contributed by atoms with Gasteiger partial charge in [0.15, 0.2) is 5.69 Å². The van der Waals surface area contributed by atoms with Gasteiger partial charge in [-0.3, -0.25) is 4.79 Å². The number of hydrogen-bond acceptors (Lipinski definition) is 1. The first-order chi connectivity index (χ1) is 5.79. The lowest BCUT2D eigenvalue weighted by atomic mass is 10.3. The molecule has 0 aliphatic carbocycles. The van der Waals surface area contributed by atoms with Crippen molar-refractivity contribution in [3.63, 3.8) is 0 Å². The lowest BCUT2D eigenvalue weighted by Crippen LogP contribution is -3.00. The lowest BCUT2D eigenvalue weighted by molar-refractivity contribution is -0.254. The van der Waals surface area contributed by atoms with E-state index >= 15 is 0 Å². The van der Waals surface area contributed by atoms with Crippen molar-refractivity contribution in [3.05, 3.63) is 46.9 Å². The fourth-order valence-electron chi connectivity index (χ4n) is 1.22. The highest BCUT2D eigenvalue weighted by molar-refractivity contribution is 5.62. The van der Waals surface area contributed by atoms with Gasteiger partial charge in [-0.1, -0.05) is 6.07 Å². The standard InChI is InChI=1S/C9H8N2O.BrH/c10-9-7-3-1-2-5-11(7)6-4-8(9)12;/h1-6H,10H2;1H. The summed E-state index contributed by atoms with van der Waals surface area (Å²) >= 11 is 0. The topological polar surface area (TPSA) is 49.1 Å². The van der Waals surface area contributed by atoms with Gasteiger partial charge >= 0.3 is 0 Å². The molecule has 2 aromatic rings. The minimum absolute atomic E-state index is 0. The molecule has 0 unspecified atom stereocenters. The summed E-state index contributed by atoms with van der Waals surface area (Å²) in [7, 11) is 0. The van der Waals surface area contributed by atoms with Gasteiger partial charge in [-0.15, -0.1) is 0 Å². The molecule has 4 heteroatoms. The van der Waals surface area contributed by atoms with Crippen molar-refractivity contribution in [2.45, 2.75) is 0 Å². The zero-order valence-corrected chi connectivity index (χ0v) is 8.49. The minimum atomic E-state index is -0.0128. The number of fused-ring (bicyclic) bond motifs is 1. The molecule has 2 heterocycles. The summed E-state index contributed by atoms with van der Waals surface area (Å²) in [4.78, 5) is 11.2. The van der Waals surface area contributed by atoms with E-state index in [2.05, 4.69) is 5.73 Å². The monoisotopic (exact) mass is 240 g/mol. The van der Waals surface area contributed by atoms with Gasteiger partial charge in [0.2, 0.25) is 5.43 Å². The van der Waals surface area contributed by atoms with Crippen LogP contribution < -0.4 is 28.1 Å². The molecule has 0 amide bonds. The summed E-state index contributed by atoms with van der Waals surface area (Å²) in [5, 5.41) is 0. The Kier molecular flexibility index (Phi) is 2.85. The Hall–Kier alpha value is -1.13. The fraction of sp³-hybridized carbons (Fsp3) is 0. The summed E-state index contributed by atoms with van der Waals surface area (Å²) in [6, 6.07) is 7.21. The smallest absolute Gasteiger partial charge is 0.242 e. The SMILES string of the molecule is [Br-].[NH3+]c1c(=O)ccn2ccccc12. The molecular weight excluding hydrogens is 232 g/mol. The molecule has 3 nitrogen and oxygen atoms in total. The van der Waals surface area contributed by atoms with E-state index in [4.69, 9.17) is 0 Å². The summed E-state index contributed by atoms with van der Waals surface area (Å²) in [6.45, 7) is 0. The molecule has 0 saturated carbocycles. The van der Waals surface area contributed by atoms with E-state index in [1.165, 1.54) is 6.07 Å². The third-order valence-electron chi connectivity index (χ3n) is 1.88. The molecule has 0 radical (unpaired) electrons. The van der Waals surface area contributed by atoms with E-state index < -0.39 is 0 Å². The minimum Gasteiger partial charge on any atom is -1.00 e. The van der Waals surface area contributed by atoms with Crippen LogP contribution in [0.5, 0.6) is 0 Å². The van der Waals surface area contributed by atoms with Crippen LogP contribution in [-0.4, -0.2) is 4.40 Å². The van der Waals surface area contributed by atoms with Crippen LogP contribution in [0.1, 0.15) is 0 Å². The van der Waals surface area contributed by atoms with Crippen molar-refractivity contribution in [3.8, 4) is 0 Å². The van der Waals surface area contributed by atoms with E-state index in [9.17, 15) is 4.79 Å². The van der Waals surface area contributed by atoms with Gasteiger partial charge in [0.05, 0.1) is 0 Å². The van der Waals surface area contributed by atoms with E-state index in [0.717, 1.165) is 5.52 Å². The maximum absolute atomic E-state index is 11.2. The molecule has 0 spiro atoms. The quantitative estimate of drug-likeness (QED) is 0.531. The number of quaternary nitrogens is 1. The van der Waals surface area contributed by atoms with Crippen LogP contribution in [0, 0.1) is 0 Å². The summed E-state index contributed by atoms with van der Waals surface area (Å²) < 4.78 is 1.88. The fourth-order valence-corrected chi connectivity index (χ4v) is 1.22. The largest absolute Gasteiger partial charge is 1.00 e. The second-order valence-electron chi connectivity index (χ2n) is 2.65. The maximum atomic E-state index is 11.2. The van der Waals surface area contributed by atoms with Gasteiger partial charge in [0, 0.05) is 18.5 Å².